The largest absolute Gasteiger partial charge is 0.489 e. The minimum Gasteiger partial charge on any atom is -0.489 e. The van der Waals surface area contributed by atoms with Gasteiger partial charge in [0.2, 0.25) is 0 Å². The van der Waals surface area contributed by atoms with E-state index in [9.17, 15) is 15.0 Å². The van der Waals surface area contributed by atoms with Crippen LogP contribution in [0.4, 0.5) is 0 Å². The lowest BCUT2D eigenvalue weighted by Crippen LogP contribution is -2.34. The van der Waals surface area contributed by atoms with Gasteiger partial charge in [0, 0.05) is 21.2 Å². The molecule has 0 saturated carbocycles. The van der Waals surface area contributed by atoms with Crippen molar-refractivity contribution < 1.29 is 19.7 Å². The molecule has 0 radical (unpaired) electrons. The quantitative estimate of drug-likeness (QED) is 0.282. The van der Waals surface area contributed by atoms with Crippen LogP contribution in [0.5, 0.6) is 5.75 Å². The van der Waals surface area contributed by atoms with Gasteiger partial charge in [0.05, 0.1) is 6.61 Å². The summed E-state index contributed by atoms with van der Waals surface area (Å²) in [5.74, 6) is 2.10. The molecule has 1 atom stereocenters. The van der Waals surface area contributed by atoms with Gasteiger partial charge in [-0.1, -0.05) is 65.8 Å². The van der Waals surface area contributed by atoms with Crippen molar-refractivity contribution in [1.29, 1.82) is 0 Å². The lowest BCUT2D eigenvalue weighted by Gasteiger charge is -2.25. The first-order valence-corrected chi connectivity index (χ1v) is 12.2. The number of carboxylic acid groups (broad SMARTS) is 1. The number of aliphatic hydroxyl groups excluding tert-OH is 1. The van der Waals surface area contributed by atoms with Crippen molar-refractivity contribution in [2.24, 2.45) is 5.41 Å². The van der Waals surface area contributed by atoms with Gasteiger partial charge in [-0.3, -0.25) is 4.79 Å². The Morgan fingerprint density at radius 3 is 2.50 bits per heavy atom. The molecule has 0 fully saturated rings. The summed E-state index contributed by atoms with van der Waals surface area (Å²) in [4.78, 5) is 13.7. The summed E-state index contributed by atoms with van der Waals surface area (Å²) in [5.41, 5.74) is 0.746. The van der Waals surface area contributed by atoms with E-state index in [-0.39, 0.29) is 12.8 Å². The van der Waals surface area contributed by atoms with Gasteiger partial charge in [0.25, 0.3) is 0 Å². The van der Waals surface area contributed by atoms with Gasteiger partial charge in [-0.05, 0) is 60.7 Å². The number of rotatable bonds is 12. The molecule has 6 heteroatoms. The first-order chi connectivity index (χ1) is 16.5. The maximum Gasteiger partial charge on any atom is 0.312 e. The number of ether oxygens (including phenoxy) is 1. The molecular weight excluding hydrogens is 468 g/mol. The Morgan fingerprint density at radius 2 is 1.82 bits per heavy atom. The zero-order valence-corrected chi connectivity index (χ0v) is 20.3. The van der Waals surface area contributed by atoms with Crippen LogP contribution in [0.15, 0.2) is 82.6 Å². The minimum atomic E-state index is -1.30. The molecule has 4 nitrogen and oxygen atoms in total. The molecule has 0 aliphatic heterocycles. The molecule has 176 valence electrons. The number of carboxylic acids is 1. The minimum absolute atomic E-state index is 0.00370. The number of halogens is 1. The third-order valence-electron chi connectivity index (χ3n) is 5.61. The van der Waals surface area contributed by atoms with Crippen molar-refractivity contribution in [3.8, 4) is 18.1 Å². The topological polar surface area (TPSA) is 66.8 Å². The van der Waals surface area contributed by atoms with Crippen molar-refractivity contribution in [2.45, 2.75) is 42.1 Å². The highest BCUT2D eigenvalue weighted by atomic mass is 35.5. The van der Waals surface area contributed by atoms with E-state index in [0.717, 1.165) is 26.7 Å². The van der Waals surface area contributed by atoms with E-state index in [4.69, 9.17) is 22.8 Å². The van der Waals surface area contributed by atoms with Crippen molar-refractivity contribution in [1.82, 2.24) is 0 Å². The molecule has 3 aromatic rings. The first-order valence-electron chi connectivity index (χ1n) is 11.0. The van der Waals surface area contributed by atoms with Crippen LogP contribution < -0.4 is 4.74 Å². The highest BCUT2D eigenvalue weighted by Gasteiger charge is 2.36. The second kappa shape index (κ2) is 12.5. The third-order valence-corrected chi connectivity index (χ3v) is 6.94. The molecule has 0 aromatic heterocycles. The molecule has 3 aromatic carbocycles. The Kier molecular flexibility index (Phi) is 9.47. The lowest BCUT2D eigenvalue weighted by molar-refractivity contribution is -0.151. The summed E-state index contributed by atoms with van der Waals surface area (Å²) in [7, 11) is 0. The Balaban J connectivity index is 1.59. The van der Waals surface area contributed by atoms with Crippen LogP contribution in [0.2, 0.25) is 5.02 Å². The number of aliphatic hydroxyl groups is 1. The van der Waals surface area contributed by atoms with Gasteiger partial charge in [0.1, 0.15) is 17.8 Å². The van der Waals surface area contributed by atoms with Gasteiger partial charge in [0.15, 0.2) is 0 Å². The van der Waals surface area contributed by atoms with Crippen LogP contribution in [0.3, 0.4) is 0 Å². The van der Waals surface area contributed by atoms with E-state index in [2.05, 4.69) is 5.92 Å². The highest BCUT2D eigenvalue weighted by Crippen LogP contribution is 2.34. The Hall–Kier alpha value is -2.91. The zero-order valence-electron chi connectivity index (χ0n) is 18.7. The average Bonchev–Trinajstić information content (AvgIpc) is 2.84. The molecule has 0 bridgehead atoms. The molecule has 2 N–H and O–H groups in total. The molecule has 0 saturated heterocycles. The summed E-state index contributed by atoms with van der Waals surface area (Å²) < 4.78 is 5.92. The van der Waals surface area contributed by atoms with E-state index >= 15 is 0 Å². The SMILES string of the molecule is C#CCC(CO)(CCCc1ccc(Sc2cccc(OCc3ccccc3)c2)cc1Cl)C(=O)O. The van der Waals surface area contributed by atoms with Gasteiger partial charge in [-0.25, -0.2) is 0 Å². The Bertz CT molecular complexity index is 1140. The first kappa shape index (κ1) is 25.7. The molecule has 0 spiro atoms. The summed E-state index contributed by atoms with van der Waals surface area (Å²) in [5, 5.41) is 19.7. The number of aliphatic carboxylic acids is 1. The fourth-order valence-corrected chi connectivity index (χ4v) is 4.83. The summed E-state index contributed by atoms with van der Waals surface area (Å²) in [6.07, 6.45) is 6.75. The Morgan fingerprint density at radius 1 is 1.06 bits per heavy atom. The van der Waals surface area contributed by atoms with Crippen LogP contribution >= 0.6 is 23.4 Å². The smallest absolute Gasteiger partial charge is 0.312 e. The van der Waals surface area contributed by atoms with E-state index in [1.165, 1.54) is 0 Å². The maximum absolute atomic E-state index is 11.6. The molecule has 0 amide bonds. The van der Waals surface area contributed by atoms with Crippen molar-refractivity contribution in [2.75, 3.05) is 6.61 Å². The second-order valence-corrected chi connectivity index (χ2v) is 9.64. The molecule has 1 unspecified atom stereocenters. The number of benzene rings is 3. The second-order valence-electron chi connectivity index (χ2n) is 8.08. The lowest BCUT2D eigenvalue weighted by atomic mass is 9.80. The van der Waals surface area contributed by atoms with Crippen molar-refractivity contribution >= 4 is 29.3 Å². The molecule has 0 heterocycles. The summed E-state index contributed by atoms with van der Waals surface area (Å²) in [6, 6.07) is 23.8. The molecular formula is C28H27ClO4S. The number of hydrogen-bond donors (Lipinski definition) is 2. The predicted octanol–water partition coefficient (Wildman–Crippen LogP) is 6.48. The molecule has 3 rings (SSSR count). The molecule has 0 aliphatic rings. The number of aryl methyl sites for hydroxylation is 1. The highest BCUT2D eigenvalue weighted by molar-refractivity contribution is 7.99. The van der Waals surface area contributed by atoms with E-state index in [1.54, 1.807) is 11.8 Å². The van der Waals surface area contributed by atoms with E-state index < -0.39 is 18.0 Å². The summed E-state index contributed by atoms with van der Waals surface area (Å²) >= 11 is 8.11. The average molecular weight is 495 g/mol. The fraction of sp³-hybridized carbons (Fsp3) is 0.250. The van der Waals surface area contributed by atoms with Crippen LogP contribution in [0.25, 0.3) is 0 Å². The third kappa shape index (κ3) is 7.04. The van der Waals surface area contributed by atoms with Crippen molar-refractivity contribution in [3.05, 3.63) is 88.9 Å². The van der Waals surface area contributed by atoms with Gasteiger partial charge < -0.3 is 14.9 Å². The molecule has 0 aliphatic carbocycles. The van der Waals surface area contributed by atoms with Crippen LogP contribution in [0, 0.1) is 17.8 Å². The van der Waals surface area contributed by atoms with E-state index in [0.29, 0.717) is 24.5 Å². The number of hydrogen-bond acceptors (Lipinski definition) is 4. The predicted molar refractivity (Wildman–Crippen MR) is 136 cm³/mol. The molecule has 34 heavy (non-hydrogen) atoms. The van der Waals surface area contributed by atoms with Crippen molar-refractivity contribution in [3.63, 3.8) is 0 Å². The van der Waals surface area contributed by atoms with Crippen LogP contribution in [-0.2, 0) is 17.8 Å². The van der Waals surface area contributed by atoms with Gasteiger partial charge in [-0.15, -0.1) is 12.3 Å². The van der Waals surface area contributed by atoms with Gasteiger partial charge in [-0.2, -0.15) is 0 Å². The number of terminal acetylenes is 1. The number of carbonyl (C=O) groups is 1. The normalized spacial score (nSPS) is 12.5. The van der Waals surface area contributed by atoms with E-state index in [1.807, 2.05) is 72.8 Å². The summed E-state index contributed by atoms with van der Waals surface area (Å²) in [6.45, 7) is 0.0280. The standard InChI is InChI=1S/C28H27ClO4S/c1-2-15-28(20-30,27(31)32)16-7-10-22-13-14-25(18-26(22)29)34-24-12-6-11-23(17-24)33-19-21-8-4-3-5-9-21/h1,3-6,8-9,11-14,17-18,30H,7,10,15-16,19-20H2,(H,31,32). The fourth-order valence-electron chi connectivity index (χ4n) is 3.58. The maximum atomic E-state index is 11.6. The van der Waals surface area contributed by atoms with Crippen LogP contribution in [-0.4, -0.2) is 22.8 Å². The Labute approximate surface area is 209 Å². The zero-order chi connectivity index (χ0) is 24.4. The van der Waals surface area contributed by atoms with Gasteiger partial charge >= 0.3 is 5.97 Å². The van der Waals surface area contributed by atoms with Crippen LogP contribution in [0.1, 0.15) is 30.4 Å². The monoisotopic (exact) mass is 494 g/mol.